The van der Waals surface area contributed by atoms with E-state index in [0.717, 1.165) is 19.3 Å². The molecule has 0 amide bonds. The summed E-state index contributed by atoms with van der Waals surface area (Å²) < 4.78 is 16.8. The molecule has 7 nitrogen and oxygen atoms in total. The molecule has 1 saturated carbocycles. The Balaban J connectivity index is 0.00000289. The van der Waals surface area contributed by atoms with E-state index in [0.29, 0.717) is 54.1 Å². The van der Waals surface area contributed by atoms with Crippen LogP contribution >= 0.6 is 12.4 Å². The standard InChI is InChI=1S/C23H27FN4O3.ClH/c1-13-20-16(10-18(23(30)31)22(29)28(20)17-4-5-17)11-19(24)21(13)27-9-6-15(12-27)14(2)26-8-3-7-25;/h10-11,14-15,17,26H,3-6,8-9,12H2,1-2H3,(H,30,31);1H/t14-,15+;/m0./s1. The molecular formula is C23H28ClFN4O3. The Hall–Kier alpha value is -2.63. The van der Waals surface area contributed by atoms with Crippen LogP contribution in [0.4, 0.5) is 10.1 Å². The number of benzene rings is 1. The Morgan fingerprint density at radius 1 is 1.38 bits per heavy atom. The van der Waals surface area contributed by atoms with Crippen LogP contribution in [-0.4, -0.2) is 41.3 Å². The van der Waals surface area contributed by atoms with Gasteiger partial charge in [-0.15, -0.1) is 12.4 Å². The number of carboxylic acid groups (broad SMARTS) is 1. The summed E-state index contributed by atoms with van der Waals surface area (Å²) >= 11 is 0. The highest BCUT2D eigenvalue weighted by atomic mass is 35.5. The molecule has 4 rings (SSSR count). The number of anilines is 1. The van der Waals surface area contributed by atoms with Crippen molar-refractivity contribution in [2.24, 2.45) is 5.92 Å². The summed E-state index contributed by atoms with van der Waals surface area (Å²) in [6.07, 6.45) is 3.00. The Labute approximate surface area is 192 Å². The lowest BCUT2D eigenvalue weighted by atomic mass is 10.0. The maximum atomic E-state index is 15.3. The van der Waals surface area contributed by atoms with Crippen LogP contribution in [0.3, 0.4) is 0 Å². The molecule has 1 saturated heterocycles. The normalized spacial score (nSPS) is 18.9. The number of aryl methyl sites for hydroxylation is 1. The van der Waals surface area contributed by atoms with Crippen molar-refractivity contribution in [3.8, 4) is 6.07 Å². The van der Waals surface area contributed by atoms with Crippen molar-refractivity contribution in [1.29, 1.82) is 5.26 Å². The molecule has 2 heterocycles. The number of nitrogens with one attached hydrogen (secondary N) is 1. The van der Waals surface area contributed by atoms with Crippen molar-refractivity contribution in [1.82, 2.24) is 9.88 Å². The molecule has 2 aliphatic rings. The second kappa shape index (κ2) is 9.47. The highest BCUT2D eigenvalue weighted by Crippen LogP contribution is 2.40. The van der Waals surface area contributed by atoms with E-state index in [4.69, 9.17) is 5.26 Å². The minimum Gasteiger partial charge on any atom is -0.477 e. The number of nitrogens with zero attached hydrogens (tertiary/aromatic N) is 3. The first-order chi connectivity index (χ1) is 14.8. The number of nitriles is 1. The van der Waals surface area contributed by atoms with E-state index in [9.17, 15) is 14.7 Å². The average molecular weight is 463 g/mol. The summed E-state index contributed by atoms with van der Waals surface area (Å²) in [6, 6.07) is 4.98. The van der Waals surface area contributed by atoms with Gasteiger partial charge >= 0.3 is 5.97 Å². The second-order valence-electron chi connectivity index (χ2n) is 8.69. The minimum atomic E-state index is -1.29. The van der Waals surface area contributed by atoms with Crippen molar-refractivity contribution in [2.45, 2.75) is 51.6 Å². The Morgan fingerprint density at radius 3 is 2.72 bits per heavy atom. The van der Waals surface area contributed by atoms with Crippen LogP contribution in [0.1, 0.15) is 54.6 Å². The lowest BCUT2D eigenvalue weighted by Gasteiger charge is -2.26. The monoisotopic (exact) mass is 462 g/mol. The van der Waals surface area contributed by atoms with E-state index in [1.54, 1.807) is 4.57 Å². The van der Waals surface area contributed by atoms with Gasteiger partial charge in [-0.25, -0.2) is 9.18 Å². The fraction of sp³-hybridized carbons (Fsp3) is 0.522. The SMILES string of the molecule is Cc1c(N2CC[C@@H]([C@H](C)NCCC#N)C2)c(F)cc2cc(C(=O)O)c(=O)n(C3CC3)c12.Cl. The summed E-state index contributed by atoms with van der Waals surface area (Å²) in [5.41, 5.74) is 0.984. The fourth-order valence-electron chi connectivity index (χ4n) is 4.80. The molecule has 172 valence electrons. The van der Waals surface area contributed by atoms with E-state index in [-0.39, 0.29) is 30.1 Å². The highest BCUT2D eigenvalue weighted by Gasteiger charge is 2.33. The number of rotatable bonds is 7. The van der Waals surface area contributed by atoms with E-state index in [1.165, 1.54) is 12.1 Å². The van der Waals surface area contributed by atoms with Crippen molar-refractivity contribution in [2.75, 3.05) is 24.5 Å². The van der Waals surface area contributed by atoms with Gasteiger partial charge in [-0.1, -0.05) is 0 Å². The number of halogens is 2. The Bertz CT molecular complexity index is 1140. The third kappa shape index (κ3) is 4.32. The molecule has 1 aromatic heterocycles. The molecule has 0 spiro atoms. The van der Waals surface area contributed by atoms with Crippen molar-refractivity contribution >= 4 is 35.0 Å². The van der Waals surface area contributed by atoms with E-state index in [2.05, 4.69) is 18.3 Å². The third-order valence-electron chi connectivity index (χ3n) is 6.58. The van der Waals surface area contributed by atoms with Crippen LogP contribution in [-0.2, 0) is 0 Å². The van der Waals surface area contributed by atoms with E-state index < -0.39 is 17.3 Å². The van der Waals surface area contributed by atoms with Gasteiger partial charge < -0.3 is 19.9 Å². The first-order valence-electron chi connectivity index (χ1n) is 10.8. The van der Waals surface area contributed by atoms with Crippen LogP contribution in [0.15, 0.2) is 16.9 Å². The first-order valence-corrected chi connectivity index (χ1v) is 10.8. The van der Waals surface area contributed by atoms with Crippen LogP contribution in [0.25, 0.3) is 10.9 Å². The number of pyridine rings is 1. The van der Waals surface area contributed by atoms with Gasteiger partial charge in [0.05, 0.1) is 17.3 Å². The number of hydrogen-bond donors (Lipinski definition) is 2. The maximum Gasteiger partial charge on any atom is 0.341 e. The number of carboxylic acids is 1. The fourth-order valence-corrected chi connectivity index (χ4v) is 4.80. The molecule has 1 aromatic carbocycles. The molecule has 0 unspecified atom stereocenters. The van der Waals surface area contributed by atoms with Crippen LogP contribution in [0, 0.1) is 30.0 Å². The summed E-state index contributed by atoms with van der Waals surface area (Å²) in [4.78, 5) is 26.5. The quantitative estimate of drug-likeness (QED) is 0.610. The third-order valence-corrected chi connectivity index (χ3v) is 6.58. The first kappa shape index (κ1) is 24.0. The molecule has 9 heteroatoms. The van der Waals surface area contributed by atoms with Gasteiger partial charge in [-0.3, -0.25) is 4.79 Å². The van der Waals surface area contributed by atoms with Gasteiger partial charge in [0.1, 0.15) is 11.4 Å². The van der Waals surface area contributed by atoms with Gasteiger partial charge in [-0.2, -0.15) is 5.26 Å². The van der Waals surface area contributed by atoms with Gasteiger partial charge in [0.15, 0.2) is 0 Å². The number of fused-ring (bicyclic) bond motifs is 1. The zero-order valence-corrected chi connectivity index (χ0v) is 19.0. The molecular weight excluding hydrogens is 435 g/mol. The topological polar surface area (TPSA) is 98.4 Å². The average Bonchev–Trinajstić information content (AvgIpc) is 3.44. The summed E-state index contributed by atoms with van der Waals surface area (Å²) in [5.74, 6) is -1.36. The number of aromatic carboxylic acids is 1. The van der Waals surface area contributed by atoms with Gasteiger partial charge in [0.25, 0.3) is 5.56 Å². The van der Waals surface area contributed by atoms with Crippen LogP contribution < -0.4 is 15.8 Å². The number of hydrogen-bond acceptors (Lipinski definition) is 5. The largest absolute Gasteiger partial charge is 0.477 e. The summed E-state index contributed by atoms with van der Waals surface area (Å²) in [6.45, 7) is 5.94. The Morgan fingerprint density at radius 2 is 2.09 bits per heavy atom. The van der Waals surface area contributed by atoms with Crippen LogP contribution in [0.5, 0.6) is 0 Å². The predicted octanol–water partition coefficient (Wildman–Crippen LogP) is 3.62. The minimum absolute atomic E-state index is 0. The summed E-state index contributed by atoms with van der Waals surface area (Å²) in [5, 5.41) is 22.0. The zero-order valence-electron chi connectivity index (χ0n) is 18.2. The van der Waals surface area contributed by atoms with Gasteiger partial charge in [0, 0.05) is 43.5 Å². The van der Waals surface area contributed by atoms with Crippen molar-refractivity contribution in [3.05, 3.63) is 39.4 Å². The number of carbonyl (C=O) groups is 1. The molecule has 1 aliphatic heterocycles. The lowest BCUT2D eigenvalue weighted by molar-refractivity contribution is 0.0694. The maximum absolute atomic E-state index is 15.3. The molecule has 2 aromatic rings. The molecule has 1 aliphatic carbocycles. The van der Waals surface area contributed by atoms with Crippen molar-refractivity contribution < 1.29 is 14.3 Å². The summed E-state index contributed by atoms with van der Waals surface area (Å²) in [7, 11) is 0. The highest BCUT2D eigenvalue weighted by molar-refractivity contribution is 5.95. The smallest absolute Gasteiger partial charge is 0.341 e. The molecule has 2 fully saturated rings. The molecule has 0 radical (unpaired) electrons. The lowest BCUT2D eigenvalue weighted by Crippen LogP contribution is -2.36. The predicted molar refractivity (Wildman–Crippen MR) is 123 cm³/mol. The molecule has 2 atom stereocenters. The van der Waals surface area contributed by atoms with Gasteiger partial charge in [-0.05, 0) is 56.7 Å². The Kier molecular flexibility index (Phi) is 7.11. The zero-order chi connectivity index (χ0) is 22.3. The molecule has 32 heavy (non-hydrogen) atoms. The van der Waals surface area contributed by atoms with Crippen molar-refractivity contribution in [3.63, 3.8) is 0 Å². The van der Waals surface area contributed by atoms with E-state index >= 15 is 4.39 Å². The van der Waals surface area contributed by atoms with Crippen LogP contribution in [0.2, 0.25) is 0 Å². The van der Waals surface area contributed by atoms with Gasteiger partial charge in [0.2, 0.25) is 0 Å². The number of aromatic nitrogens is 1. The van der Waals surface area contributed by atoms with E-state index in [1.807, 2.05) is 11.8 Å². The molecule has 0 bridgehead atoms. The molecule has 2 N–H and O–H groups in total. The second-order valence-corrected chi connectivity index (χ2v) is 8.69.